The van der Waals surface area contributed by atoms with E-state index in [4.69, 9.17) is 16.7 Å². The van der Waals surface area contributed by atoms with E-state index in [2.05, 4.69) is 11.8 Å². The molecule has 1 aromatic rings. The van der Waals surface area contributed by atoms with Crippen LogP contribution in [-0.2, 0) is 14.6 Å². The smallest absolute Gasteiger partial charge is 0.304 e. The molecule has 0 spiro atoms. The lowest BCUT2D eigenvalue weighted by atomic mass is 10.3. The molecular weight excluding hydrogens is 288 g/mol. The highest BCUT2D eigenvalue weighted by molar-refractivity contribution is 7.91. The molecule has 0 saturated carbocycles. The minimum Gasteiger partial charge on any atom is -0.481 e. The molecule has 1 aromatic carbocycles. The fraction of sp³-hybridized carbons (Fsp3) is 0.308. The molecule has 0 radical (unpaired) electrons. The molecule has 0 saturated heterocycles. The van der Waals surface area contributed by atoms with Gasteiger partial charge in [-0.2, -0.15) is 0 Å². The average Bonchev–Trinajstić information content (AvgIpc) is 2.34. The van der Waals surface area contributed by atoms with Gasteiger partial charge >= 0.3 is 5.97 Å². The summed E-state index contributed by atoms with van der Waals surface area (Å²) in [6.07, 6.45) is 0.387. The van der Waals surface area contributed by atoms with Crippen molar-refractivity contribution in [3.8, 4) is 11.8 Å². The molecule has 102 valence electrons. The minimum absolute atomic E-state index is 0.0308. The summed E-state index contributed by atoms with van der Waals surface area (Å²) < 4.78 is 23.8. The Morgan fingerprint density at radius 2 is 1.74 bits per heavy atom. The third-order valence-corrected chi connectivity index (χ3v) is 4.24. The van der Waals surface area contributed by atoms with Gasteiger partial charge in [-0.1, -0.05) is 11.6 Å². The zero-order valence-corrected chi connectivity index (χ0v) is 11.7. The van der Waals surface area contributed by atoms with E-state index in [1.807, 2.05) is 0 Å². The monoisotopic (exact) mass is 300 g/mol. The summed E-state index contributed by atoms with van der Waals surface area (Å²) >= 11 is 5.68. The molecule has 0 atom stereocenters. The largest absolute Gasteiger partial charge is 0.481 e. The van der Waals surface area contributed by atoms with Crippen molar-refractivity contribution in [2.75, 3.05) is 5.75 Å². The van der Waals surface area contributed by atoms with Crippen LogP contribution in [0.2, 0.25) is 5.02 Å². The number of carbonyl (C=O) groups is 1. The maximum Gasteiger partial charge on any atom is 0.304 e. The Bertz CT molecular complexity index is 594. The first-order chi connectivity index (χ1) is 8.92. The van der Waals surface area contributed by atoms with Gasteiger partial charge in [-0.15, -0.1) is 11.8 Å². The number of carboxylic acids is 1. The fourth-order valence-electron chi connectivity index (χ4n) is 1.29. The number of benzene rings is 1. The predicted molar refractivity (Wildman–Crippen MR) is 72.8 cm³/mol. The van der Waals surface area contributed by atoms with Gasteiger partial charge in [-0.05, 0) is 24.3 Å². The lowest BCUT2D eigenvalue weighted by Gasteiger charge is -2.01. The highest BCUT2D eigenvalue weighted by atomic mass is 35.5. The Hall–Kier alpha value is -1.51. The van der Waals surface area contributed by atoms with Crippen LogP contribution >= 0.6 is 11.6 Å². The highest BCUT2D eigenvalue weighted by Gasteiger charge is 2.12. The second-order valence-electron chi connectivity index (χ2n) is 3.77. The van der Waals surface area contributed by atoms with Crippen LogP contribution in [0.15, 0.2) is 29.2 Å². The van der Waals surface area contributed by atoms with Crippen molar-refractivity contribution < 1.29 is 18.3 Å². The Labute approximate surface area is 117 Å². The van der Waals surface area contributed by atoms with Crippen molar-refractivity contribution in [1.29, 1.82) is 0 Å². The molecule has 0 aromatic heterocycles. The lowest BCUT2D eigenvalue weighted by Crippen LogP contribution is -2.05. The summed E-state index contributed by atoms with van der Waals surface area (Å²) in [4.78, 5) is 10.4. The number of halogens is 1. The Morgan fingerprint density at radius 1 is 1.16 bits per heavy atom. The van der Waals surface area contributed by atoms with Gasteiger partial charge in [0.1, 0.15) is 0 Å². The van der Waals surface area contributed by atoms with Crippen molar-refractivity contribution in [2.24, 2.45) is 0 Å². The molecule has 0 amide bonds. The third kappa shape index (κ3) is 5.77. The number of aliphatic carboxylic acids is 1. The van der Waals surface area contributed by atoms with Crippen LogP contribution in [0.5, 0.6) is 0 Å². The number of rotatable bonds is 5. The summed E-state index contributed by atoms with van der Waals surface area (Å²) in [6, 6.07) is 5.95. The molecule has 0 aliphatic heterocycles. The first kappa shape index (κ1) is 15.5. The zero-order valence-electron chi connectivity index (χ0n) is 10.1. The van der Waals surface area contributed by atoms with Gasteiger partial charge in [0.2, 0.25) is 0 Å². The summed E-state index contributed by atoms with van der Waals surface area (Å²) in [7, 11) is -3.36. The van der Waals surface area contributed by atoms with E-state index in [1.165, 1.54) is 24.3 Å². The number of hydrogen-bond donors (Lipinski definition) is 1. The summed E-state index contributed by atoms with van der Waals surface area (Å²) in [5.41, 5.74) is 0. The Morgan fingerprint density at radius 3 is 2.32 bits per heavy atom. The van der Waals surface area contributed by atoms with E-state index in [0.717, 1.165) is 0 Å². The molecule has 6 heteroatoms. The average molecular weight is 301 g/mol. The van der Waals surface area contributed by atoms with E-state index in [0.29, 0.717) is 5.02 Å². The van der Waals surface area contributed by atoms with E-state index >= 15 is 0 Å². The molecule has 0 aliphatic carbocycles. The molecule has 0 aliphatic rings. The summed E-state index contributed by atoms with van der Waals surface area (Å²) in [5.74, 6) is 4.29. The van der Waals surface area contributed by atoms with Crippen molar-refractivity contribution in [1.82, 2.24) is 0 Å². The lowest BCUT2D eigenvalue weighted by molar-refractivity contribution is -0.136. The second kappa shape index (κ2) is 7.17. The van der Waals surface area contributed by atoms with E-state index in [1.54, 1.807) is 0 Å². The maximum atomic E-state index is 11.9. The van der Waals surface area contributed by atoms with Crippen LogP contribution in [0.4, 0.5) is 0 Å². The molecule has 19 heavy (non-hydrogen) atoms. The van der Waals surface area contributed by atoms with Gasteiger partial charge in [0.25, 0.3) is 0 Å². The van der Waals surface area contributed by atoms with Gasteiger partial charge in [-0.3, -0.25) is 4.79 Å². The maximum absolute atomic E-state index is 11.9. The molecule has 1 N–H and O–H groups in total. The van der Waals surface area contributed by atoms with Crippen molar-refractivity contribution in [3.63, 3.8) is 0 Å². The van der Waals surface area contributed by atoms with E-state index in [-0.39, 0.29) is 29.9 Å². The molecule has 0 heterocycles. The van der Waals surface area contributed by atoms with Gasteiger partial charge in [0.05, 0.1) is 17.1 Å². The van der Waals surface area contributed by atoms with Crippen molar-refractivity contribution in [3.05, 3.63) is 29.3 Å². The van der Waals surface area contributed by atoms with Crippen LogP contribution < -0.4 is 0 Å². The highest BCUT2D eigenvalue weighted by Crippen LogP contribution is 2.15. The topological polar surface area (TPSA) is 71.4 Å². The molecule has 1 rings (SSSR count). The first-order valence-electron chi connectivity index (χ1n) is 5.57. The van der Waals surface area contributed by atoms with Crippen LogP contribution in [0.25, 0.3) is 0 Å². The van der Waals surface area contributed by atoms with Crippen LogP contribution in [0.3, 0.4) is 0 Å². The molecule has 0 unspecified atom stereocenters. The molecular formula is C13H13ClO4S. The molecule has 0 bridgehead atoms. The van der Waals surface area contributed by atoms with Gasteiger partial charge in [0, 0.05) is 17.9 Å². The fourth-order valence-corrected chi connectivity index (χ4v) is 2.57. The number of hydrogen-bond acceptors (Lipinski definition) is 3. The van der Waals surface area contributed by atoms with Gasteiger partial charge in [0.15, 0.2) is 9.84 Å². The summed E-state index contributed by atoms with van der Waals surface area (Å²) in [6.45, 7) is 0. The van der Waals surface area contributed by atoms with Gasteiger partial charge < -0.3 is 5.11 Å². The van der Waals surface area contributed by atoms with Crippen LogP contribution in [0.1, 0.15) is 19.3 Å². The Balaban J connectivity index is 2.52. The van der Waals surface area contributed by atoms with Crippen LogP contribution in [0, 0.1) is 11.8 Å². The van der Waals surface area contributed by atoms with Crippen molar-refractivity contribution in [2.45, 2.75) is 24.2 Å². The summed E-state index contributed by atoms with van der Waals surface area (Å²) in [5, 5.41) is 8.87. The minimum atomic E-state index is -3.36. The van der Waals surface area contributed by atoms with Gasteiger partial charge in [-0.25, -0.2) is 8.42 Å². The zero-order chi connectivity index (χ0) is 14.3. The molecule has 4 nitrogen and oxygen atoms in total. The number of sulfone groups is 1. The Kier molecular flexibility index (Phi) is 5.87. The standard InChI is InChI=1S/C13H13ClO4S/c14-11-6-8-12(9-7-11)19(17,18)10-4-2-1-3-5-13(15)16/h6-9H,3-5,10H2,(H,15,16). The van der Waals surface area contributed by atoms with Crippen molar-refractivity contribution >= 4 is 27.4 Å². The SMILES string of the molecule is O=C(O)CCC#CCCS(=O)(=O)c1ccc(Cl)cc1. The number of carboxylic acid groups (broad SMARTS) is 1. The first-order valence-corrected chi connectivity index (χ1v) is 7.61. The molecule has 0 fully saturated rings. The van der Waals surface area contributed by atoms with Crippen LogP contribution in [-0.4, -0.2) is 25.2 Å². The third-order valence-electron chi connectivity index (χ3n) is 2.26. The van der Waals surface area contributed by atoms with E-state index < -0.39 is 15.8 Å². The quantitative estimate of drug-likeness (QED) is 0.847. The predicted octanol–water partition coefficient (Wildman–Crippen LogP) is 2.37. The second-order valence-corrected chi connectivity index (χ2v) is 6.32. The van der Waals surface area contributed by atoms with E-state index in [9.17, 15) is 13.2 Å². The normalized spacial score (nSPS) is 10.6.